The number of carbonyl (C=O) groups excluding carboxylic acids is 2. The van der Waals surface area contributed by atoms with Gasteiger partial charge in [-0.15, -0.1) is 0 Å². The van der Waals surface area contributed by atoms with E-state index < -0.39 is 23.2 Å². The topological polar surface area (TPSA) is 69.6 Å². The van der Waals surface area contributed by atoms with Gasteiger partial charge >= 0.3 is 0 Å². The van der Waals surface area contributed by atoms with Gasteiger partial charge in [0.15, 0.2) is 5.60 Å². The van der Waals surface area contributed by atoms with Gasteiger partial charge in [-0.05, 0) is 30.3 Å². The van der Waals surface area contributed by atoms with E-state index in [0.29, 0.717) is 22.0 Å². The van der Waals surface area contributed by atoms with E-state index in [-0.39, 0.29) is 12.1 Å². The summed E-state index contributed by atoms with van der Waals surface area (Å²) >= 11 is 6.06. The predicted octanol–water partition coefficient (Wildman–Crippen LogP) is 3.70. The first-order valence-electron chi connectivity index (χ1n) is 8.85. The van der Waals surface area contributed by atoms with E-state index in [4.69, 9.17) is 11.6 Å². The third-order valence-corrected chi connectivity index (χ3v) is 5.16. The van der Waals surface area contributed by atoms with Crippen LogP contribution in [0.4, 0.5) is 15.8 Å². The number of hydrogen-bond donors (Lipinski definition) is 2. The van der Waals surface area contributed by atoms with Crippen LogP contribution in [0.25, 0.3) is 0 Å². The number of nitrogens with one attached hydrogen (secondary N) is 1. The zero-order chi connectivity index (χ0) is 20.6. The van der Waals surface area contributed by atoms with E-state index in [9.17, 15) is 19.1 Å². The van der Waals surface area contributed by atoms with E-state index in [1.54, 1.807) is 48.5 Å². The summed E-state index contributed by atoms with van der Waals surface area (Å²) in [6.45, 7) is -0.335. The average Bonchev–Trinajstić information content (AvgIpc) is 2.93. The van der Waals surface area contributed by atoms with Gasteiger partial charge in [-0.25, -0.2) is 4.39 Å². The smallest absolute Gasteiger partial charge is 0.268 e. The summed E-state index contributed by atoms with van der Waals surface area (Å²) in [6.07, 6.45) is 0. The van der Waals surface area contributed by atoms with Gasteiger partial charge in [0.25, 0.3) is 5.91 Å². The minimum absolute atomic E-state index is 0.101. The first kappa shape index (κ1) is 19.1. The zero-order valence-electron chi connectivity index (χ0n) is 15.1. The van der Waals surface area contributed by atoms with Crippen molar-refractivity contribution in [1.82, 2.24) is 0 Å². The molecule has 2 amide bonds. The van der Waals surface area contributed by atoms with Crippen molar-refractivity contribution in [1.29, 1.82) is 0 Å². The van der Waals surface area contributed by atoms with Crippen LogP contribution in [0.15, 0.2) is 72.8 Å². The lowest BCUT2D eigenvalue weighted by molar-refractivity contribution is -0.133. The minimum atomic E-state index is -2.08. The molecule has 1 atom stereocenters. The van der Waals surface area contributed by atoms with Gasteiger partial charge in [0.1, 0.15) is 12.4 Å². The Hall–Kier alpha value is -3.22. The van der Waals surface area contributed by atoms with Crippen LogP contribution in [0, 0.1) is 5.82 Å². The molecule has 1 aliphatic heterocycles. The highest BCUT2D eigenvalue weighted by Gasteiger charge is 2.51. The van der Waals surface area contributed by atoms with Gasteiger partial charge in [0, 0.05) is 11.1 Å². The first-order valence-corrected chi connectivity index (χ1v) is 9.23. The Kier molecular flexibility index (Phi) is 4.82. The molecule has 0 unspecified atom stereocenters. The highest BCUT2D eigenvalue weighted by atomic mass is 35.5. The standard InChI is InChI=1S/C22H16ClFN2O3/c23-17-9-2-3-10-18(17)25-20(27)13-26-19-11-4-1-8-16(19)22(29,21(26)28)14-6-5-7-15(24)12-14/h1-12,29H,13H2,(H,25,27)/t22-/m0/s1. The quantitative estimate of drug-likeness (QED) is 0.689. The van der Waals surface area contributed by atoms with Crippen molar-refractivity contribution in [2.45, 2.75) is 5.60 Å². The van der Waals surface area contributed by atoms with Gasteiger partial charge in [0.2, 0.25) is 5.91 Å². The highest BCUT2D eigenvalue weighted by Crippen LogP contribution is 2.44. The molecule has 3 aromatic rings. The van der Waals surface area contributed by atoms with Crippen molar-refractivity contribution in [3.8, 4) is 0 Å². The van der Waals surface area contributed by atoms with Crippen LogP contribution in [0.1, 0.15) is 11.1 Å². The van der Waals surface area contributed by atoms with Gasteiger partial charge in [-0.2, -0.15) is 0 Å². The molecule has 5 nitrogen and oxygen atoms in total. The molecule has 146 valence electrons. The molecule has 0 spiro atoms. The summed E-state index contributed by atoms with van der Waals surface area (Å²) in [4.78, 5) is 27.0. The fourth-order valence-corrected chi connectivity index (χ4v) is 3.66. The Bertz CT molecular complexity index is 1120. The number of hydrogen-bond acceptors (Lipinski definition) is 3. The number of aliphatic hydroxyl groups is 1. The molecule has 0 saturated carbocycles. The summed E-state index contributed by atoms with van der Waals surface area (Å²) < 4.78 is 13.8. The van der Waals surface area contributed by atoms with Crippen molar-refractivity contribution < 1.29 is 19.1 Å². The number of rotatable bonds is 4. The molecule has 1 aliphatic rings. The third kappa shape index (κ3) is 3.26. The molecule has 0 radical (unpaired) electrons. The number of amides is 2. The molecular weight excluding hydrogens is 395 g/mol. The predicted molar refractivity (Wildman–Crippen MR) is 108 cm³/mol. The van der Waals surface area contributed by atoms with Crippen LogP contribution in [0.2, 0.25) is 5.02 Å². The van der Waals surface area contributed by atoms with Crippen molar-refractivity contribution in [3.63, 3.8) is 0 Å². The molecule has 0 aromatic heterocycles. The lowest BCUT2D eigenvalue weighted by Gasteiger charge is -2.23. The van der Waals surface area contributed by atoms with Crippen molar-refractivity contribution >= 4 is 34.8 Å². The van der Waals surface area contributed by atoms with Gasteiger partial charge < -0.3 is 10.4 Å². The number of halogens is 2. The Morgan fingerprint density at radius 1 is 1.07 bits per heavy atom. The fourth-order valence-electron chi connectivity index (χ4n) is 3.48. The van der Waals surface area contributed by atoms with Crippen LogP contribution < -0.4 is 10.2 Å². The normalized spacial score (nSPS) is 17.9. The maximum absolute atomic E-state index is 13.8. The second-order valence-electron chi connectivity index (χ2n) is 6.66. The third-order valence-electron chi connectivity index (χ3n) is 4.83. The maximum atomic E-state index is 13.8. The number of fused-ring (bicyclic) bond motifs is 1. The lowest BCUT2D eigenvalue weighted by Crippen LogP contribution is -2.44. The molecule has 0 fully saturated rings. The molecule has 7 heteroatoms. The minimum Gasteiger partial charge on any atom is -0.372 e. The van der Waals surface area contributed by atoms with Crippen LogP contribution >= 0.6 is 11.6 Å². The molecule has 2 N–H and O–H groups in total. The van der Waals surface area contributed by atoms with Crippen molar-refractivity contribution in [3.05, 3.63) is 94.8 Å². The molecular formula is C22H16ClFN2O3. The Morgan fingerprint density at radius 2 is 1.79 bits per heavy atom. The number of carbonyl (C=O) groups is 2. The lowest BCUT2D eigenvalue weighted by atomic mass is 9.87. The van der Waals surface area contributed by atoms with Crippen molar-refractivity contribution in [2.75, 3.05) is 16.8 Å². The fraction of sp³-hybridized carbons (Fsp3) is 0.0909. The number of para-hydroxylation sites is 2. The molecule has 0 bridgehead atoms. The van der Waals surface area contributed by atoms with E-state index in [2.05, 4.69) is 5.32 Å². The van der Waals surface area contributed by atoms with Crippen LogP contribution in [0.5, 0.6) is 0 Å². The SMILES string of the molecule is O=C(CN1C(=O)[C@](O)(c2cccc(F)c2)c2ccccc21)Nc1ccccc1Cl. The summed E-state index contributed by atoms with van der Waals surface area (Å²) in [6, 6.07) is 18.6. The molecule has 4 rings (SSSR count). The first-order chi connectivity index (χ1) is 13.9. The molecule has 1 heterocycles. The molecule has 3 aromatic carbocycles. The van der Waals surface area contributed by atoms with Crippen LogP contribution in [-0.2, 0) is 15.2 Å². The summed E-state index contributed by atoms with van der Waals surface area (Å²) in [5, 5.41) is 14.3. The summed E-state index contributed by atoms with van der Waals surface area (Å²) in [7, 11) is 0. The van der Waals surface area contributed by atoms with E-state index >= 15 is 0 Å². The van der Waals surface area contributed by atoms with Crippen LogP contribution in [0.3, 0.4) is 0 Å². The number of benzene rings is 3. The van der Waals surface area contributed by atoms with Crippen molar-refractivity contribution in [2.24, 2.45) is 0 Å². The summed E-state index contributed by atoms with van der Waals surface area (Å²) in [5.41, 5.74) is -0.883. The Morgan fingerprint density at radius 3 is 2.55 bits per heavy atom. The Balaban J connectivity index is 1.68. The van der Waals surface area contributed by atoms with Gasteiger partial charge in [-0.1, -0.05) is 54.1 Å². The van der Waals surface area contributed by atoms with E-state index in [1.807, 2.05) is 0 Å². The van der Waals surface area contributed by atoms with Crippen LogP contribution in [-0.4, -0.2) is 23.5 Å². The largest absolute Gasteiger partial charge is 0.372 e. The second kappa shape index (κ2) is 7.31. The van der Waals surface area contributed by atoms with E-state index in [0.717, 1.165) is 6.07 Å². The maximum Gasteiger partial charge on any atom is 0.268 e. The van der Waals surface area contributed by atoms with E-state index in [1.165, 1.54) is 23.1 Å². The highest BCUT2D eigenvalue weighted by molar-refractivity contribution is 6.33. The number of anilines is 2. The molecule has 0 aliphatic carbocycles. The van der Waals surface area contributed by atoms with Gasteiger partial charge in [-0.3, -0.25) is 14.5 Å². The zero-order valence-corrected chi connectivity index (χ0v) is 15.9. The second-order valence-corrected chi connectivity index (χ2v) is 7.06. The summed E-state index contributed by atoms with van der Waals surface area (Å²) in [5.74, 6) is -1.78. The Labute approximate surface area is 171 Å². The van der Waals surface area contributed by atoms with Gasteiger partial charge in [0.05, 0.1) is 16.4 Å². The average molecular weight is 411 g/mol. The molecule has 29 heavy (non-hydrogen) atoms. The monoisotopic (exact) mass is 410 g/mol. The molecule has 0 saturated heterocycles. The number of nitrogens with zero attached hydrogens (tertiary/aromatic N) is 1.